The third-order valence-electron chi connectivity index (χ3n) is 5.92. The molecule has 2 saturated heterocycles. The Hall–Kier alpha value is -2.67. The molecular weight excluding hydrogens is 356 g/mol. The summed E-state index contributed by atoms with van der Waals surface area (Å²) in [7, 11) is 1.78. The summed E-state index contributed by atoms with van der Waals surface area (Å²) in [6.45, 7) is 4.33. The molecule has 0 aliphatic carbocycles. The van der Waals surface area contributed by atoms with E-state index in [1.165, 1.54) is 5.56 Å². The minimum Gasteiger partial charge on any atom is -0.380 e. The third kappa shape index (κ3) is 3.42. The normalized spacial score (nSPS) is 23.6. The van der Waals surface area contributed by atoms with Crippen LogP contribution in [0.25, 0.3) is 0 Å². The number of nitrogens with one attached hydrogen (secondary N) is 1. The summed E-state index contributed by atoms with van der Waals surface area (Å²) >= 11 is 0. The van der Waals surface area contributed by atoms with Crippen LogP contribution < -0.4 is 0 Å². The first-order valence-electron chi connectivity index (χ1n) is 9.63. The number of carbonyl (C=O) groups excluding carboxylic acids is 2. The summed E-state index contributed by atoms with van der Waals surface area (Å²) in [5, 5.41) is 0. The maximum atomic E-state index is 13.3. The van der Waals surface area contributed by atoms with Crippen LogP contribution in [0.4, 0.5) is 0 Å². The van der Waals surface area contributed by atoms with Crippen molar-refractivity contribution in [1.29, 1.82) is 0 Å². The van der Waals surface area contributed by atoms with E-state index in [1.807, 2.05) is 36.1 Å². The molecule has 0 bridgehead atoms. The SMILES string of the molecule is Cc1ccc(CC(=O)N2C[C@@H]3COC[C@]3(C(=O)N(C)Cc3ncc[nH]3)C2)cc1. The molecule has 2 aliphatic heterocycles. The van der Waals surface area contributed by atoms with Gasteiger partial charge in [-0.2, -0.15) is 0 Å². The molecule has 7 nitrogen and oxygen atoms in total. The maximum Gasteiger partial charge on any atom is 0.233 e. The van der Waals surface area contributed by atoms with Crippen molar-refractivity contribution in [2.24, 2.45) is 11.3 Å². The van der Waals surface area contributed by atoms with Gasteiger partial charge < -0.3 is 19.5 Å². The van der Waals surface area contributed by atoms with Gasteiger partial charge in [0.15, 0.2) is 0 Å². The number of hydrogen-bond donors (Lipinski definition) is 1. The van der Waals surface area contributed by atoms with Gasteiger partial charge in [-0.05, 0) is 12.5 Å². The lowest BCUT2D eigenvalue weighted by molar-refractivity contribution is -0.142. The average Bonchev–Trinajstić information content (AvgIpc) is 3.38. The predicted molar refractivity (Wildman–Crippen MR) is 103 cm³/mol. The van der Waals surface area contributed by atoms with Crippen molar-refractivity contribution in [1.82, 2.24) is 19.8 Å². The number of carbonyl (C=O) groups is 2. The van der Waals surface area contributed by atoms with Crippen LogP contribution >= 0.6 is 0 Å². The number of H-pyrrole nitrogens is 1. The number of benzene rings is 1. The van der Waals surface area contributed by atoms with Gasteiger partial charge in [-0.1, -0.05) is 29.8 Å². The zero-order valence-electron chi connectivity index (χ0n) is 16.4. The Morgan fingerprint density at radius 1 is 1.36 bits per heavy atom. The number of amides is 2. The quantitative estimate of drug-likeness (QED) is 0.848. The first kappa shape index (κ1) is 18.7. The highest BCUT2D eigenvalue weighted by Crippen LogP contribution is 2.43. The van der Waals surface area contributed by atoms with Crippen molar-refractivity contribution < 1.29 is 14.3 Å². The number of imidazole rings is 1. The van der Waals surface area contributed by atoms with Crippen molar-refractivity contribution in [2.45, 2.75) is 19.9 Å². The predicted octanol–water partition coefficient (Wildman–Crippen LogP) is 1.39. The third-order valence-corrected chi connectivity index (χ3v) is 5.92. The second-order valence-electron chi connectivity index (χ2n) is 8.00. The van der Waals surface area contributed by atoms with E-state index in [0.717, 1.165) is 11.4 Å². The Morgan fingerprint density at radius 3 is 2.86 bits per heavy atom. The number of hydrogen-bond acceptors (Lipinski definition) is 4. The molecule has 2 amide bonds. The van der Waals surface area contributed by atoms with Crippen molar-refractivity contribution >= 4 is 11.8 Å². The van der Waals surface area contributed by atoms with Crippen molar-refractivity contribution in [3.05, 3.63) is 53.6 Å². The molecule has 2 fully saturated rings. The molecule has 2 aromatic rings. The molecule has 0 saturated carbocycles. The van der Waals surface area contributed by atoms with Gasteiger partial charge in [-0.25, -0.2) is 4.98 Å². The summed E-state index contributed by atoms with van der Waals surface area (Å²) < 4.78 is 5.67. The van der Waals surface area contributed by atoms with Crippen LogP contribution in [0.15, 0.2) is 36.7 Å². The second kappa shape index (κ2) is 7.39. The van der Waals surface area contributed by atoms with Gasteiger partial charge in [0.1, 0.15) is 5.82 Å². The number of aryl methyl sites for hydroxylation is 1. The molecule has 28 heavy (non-hydrogen) atoms. The smallest absolute Gasteiger partial charge is 0.233 e. The topological polar surface area (TPSA) is 78.5 Å². The van der Waals surface area contributed by atoms with E-state index in [-0.39, 0.29) is 17.7 Å². The molecule has 1 aromatic carbocycles. The first-order chi connectivity index (χ1) is 13.5. The molecule has 2 atom stereocenters. The van der Waals surface area contributed by atoms with Gasteiger partial charge in [0.2, 0.25) is 11.8 Å². The highest BCUT2D eigenvalue weighted by atomic mass is 16.5. The van der Waals surface area contributed by atoms with Gasteiger partial charge in [-0.15, -0.1) is 0 Å². The van der Waals surface area contributed by atoms with E-state index in [1.54, 1.807) is 24.3 Å². The number of ether oxygens (including phenoxy) is 1. The molecule has 0 unspecified atom stereocenters. The Kier molecular flexibility index (Phi) is 4.93. The fourth-order valence-corrected chi connectivity index (χ4v) is 4.28. The number of aromatic nitrogens is 2. The Labute approximate surface area is 164 Å². The molecule has 2 aliphatic rings. The fraction of sp³-hybridized carbons (Fsp3) is 0.476. The van der Waals surface area contributed by atoms with E-state index < -0.39 is 5.41 Å². The maximum absolute atomic E-state index is 13.3. The summed E-state index contributed by atoms with van der Waals surface area (Å²) in [5.41, 5.74) is 1.53. The zero-order chi connectivity index (χ0) is 19.7. The Bertz CT molecular complexity index is 849. The summed E-state index contributed by atoms with van der Waals surface area (Å²) in [6, 6.07) is 8.02. The lowest BCUT2D eigenvalue weighted by Crippen LogP contribution is -2.47. The number of fused-ring (bicyclic) bond motifs is 1. The standard InChI is InChI=1S/C21H26N4O3/c1-15-3-5-16(6-4-15)9-19(26)25-10-17-12-28-14-21(17,13-25)20(27)24(2)11-18-22-7-8-23-18/h3-8,17H,9-14H2,1-2H3,(H,22,23)/t17-,21-/m1/s1. The zero-order valence-corrected chi connectivity index (χ0v) is 16.4. The monoisotopic (exact) mass is 382 g/mol. The lowest BCUT2D eigenvalue weighted by Gasteiger charge is -2.30. The minimum absolute atomic E-state index is 0.0250. The number of likely N-dealkylation sites (tertiary alicyclic amines) is 1. The minimum atomic E-state index is -0.649. The lowest BCUT2D eigenvalue weighted by atomic mass is 9.79. The number of aromatic amines is 1. The van der Waals surface area contributed by atoms with Crippen LogP contribution in [0.2, 0.25) is 0 Å². The molecule has 1 aromatic heterocycles. The van der Waals surface area contributed by atoms with Crippen LogP contribution in [-0.2, 0) is 27.3 Å². The van der Waals surface area contributed by atoms with Crippen LogP contribution in [0.1, 0.15) is 17.0 Å². The van der Waals surface area contributed by atoms with Crippen molar-refractivity contribution in [3.8, 4) is 0 Å². The van der Waals surface area contributed by atoms with Gasteiger partial charge in [-0.3, -0.25) is 9.59 Å². The van der Waals surface area contributed by atoms with Gasteiger partial charge in [0, 0.05) is 38.4 Å². The summed E-state index contributed by atoms with van der Waals surface area (Å²) in [4.78, 5) is 36.9. The molecule has 3 heterocycles. The molecule has 148 valence electrons. The second-order valence-corrected chi connectivity index (χ2v) is 8.00. The van der Waals surface area contributed by atoms with Crippen LogP contribution in [0, 0.1) is 18.3 Å². The summed E-state index contributed by atoms with van der Waals surface area (Å²) in [6.07, 6.45) is 3.78. The number of nitrogens with zero attached hydrogens (tertiary/aromatic N) is 3. The van der Waals surface area contributed by atoms with E-state index in [9.17, 15) is 9.59 Å². The average molecular weight is 382 g/mol. The van der Waals surface area contributed by atoms with Crippen LogP contribution in [-0.4, -0.2) is 64.9 Å². The Morgan fingerprint density at radius 2 is 2.14 bits per heavy atom. The first-order valence-corrected chi connectivity index (χ1v) is 9.63. The molecule has 0 radical (unpaired) electrons. The Balaban J connectivity index is 1.45. The van der Waals surface area contributed by atoms with E-state index in [4.69, 9.17) is 4.74 Å². The molecule has 1 N–H and O–H groups in total. The van der Waals surface area contributed by atoms with Crippen LogP contribution in [0.3, 0.4) is 0 Å². The largest absolute Gasteiger partial charge is 0.380 e. The molecule has 7 heteroatoms. The fourth-order valence-electron chi connectivity index (χ4n) is 4.28. The highest BCUT2D eigenvalue weighted by molar-refractivity contribution is 5.86. The molecule has 4 rings (SSSR count). The van der Waals surface area contributed by atoms with E-state index >= 15 is 0 Å². The molecular formula is C21H26N4O3. The van der Waals surface area contributed by atoms with E-state index in [0.29, 0.717) is 39.3 Å². The van der Waals surface area contributed by atoms with Crippen molar-refractivity contribution in [3.63, 3.8) is 0 Å². The van der Waals surface area contributed by atoms with Gasteiger partial charge in [0.25, 0.3) is 0 Å². The highest BCUT2D eigenvalue weighted by Gasteiger charge is 2.57. The van der Waals surface area contributed by atoms with Crippen molar-refractivity contribution in [2.75, 3.05) is 33.4 Å². The summed E-state index contributed by atoms with van der Waals surface area (Å²) in [5.74, 6) is 0.880. The van der Waals surface area contributed by atoms with E-state index in [2.05, 4.69) is 9.97 Å². The van der Waals surface area contributed by atoms with Crippen LogP contribution in [0.5, 0.6) is 0 Å². The number of rotatable bonds is 5. The van der Waals surface area contributed by atoms with Gasteiger partial charge in [0.05, 0.1) is 31.6 Å². The van der Waals surface area contributed by atoms with Gasteiger partial charge >= 0.3 is 0 Å². The molecule has 0 spiro atoms.